The first-order chi connectivity index (χ1) is 15.6. The highest BCUT2D eigenvalue weighted by atomic mass is 32.1. The topological polar surface area (TPSA) is 93.2 Å². The van der Waals surface area contributed by atoms with E-state index >= 15 is 0 Å². The third-order valence-corrected chi connectivity index (χ3v) is 5.46. The van der Waals surface area contributed by atoms with Crippen LogP contribution in [0.25, 0.3) is 0 Å². The molecule has 4 aromatic rings. The number of anilines is 2. The molecule has 0 saturated carbocycles. The Labute approximate surface area is 189 Å². The molecule has 0 spiro atoms. The van der Waals surface area contributed by atoms with Gasteiger partial charge in [-0.25, -0.2) is 0 Å². The van der Waals surface area contributed by atoms with Gasteiger partial charge in [0.05, 0.1) is 7.11 Å². The lowest BCUT2D eigenvalue weighted by atomic mass is 10.1. The van der Waals surface area contributed by atoms with Crippen LogP contribution in [0.15, 0.2) is 78.9 Å². The summed E-state index contributed by atoms with van der Waals surface area (Å²) in [5, 5.41) is 15.0. The smallest absolute Gasteiger partial charge is 0.257 e. The molecule has 2 N–H and O–H groups in total. The Morgan fingerprint density at radius 2 is 1.56 bits per heavy atom. The number of ether oxygens (including phenoxy) is 1. The molecule has 0 aliphatic carbocycles. The fraction of sp³-hybridized carbons (Fsp3) is 0.0833. The van der Waals surface area contributed by atoms with E-state index in [4.69, 9.17) is 4.74 Å². The Kier molecular flexibility index (Phi) is 6.52. The Balaban J connectivity index is 1.38. The Morgan fingerprint density at radius 1 is 0.844 bits per heavy atom. The SMILES string of the molecule is COc1ccc(Cc2nnc(NC(=O)c3cccc(NC(=O)c4ccccc4)c3)s2)cc1. The van der Waals surface area contributed by atoms with E-state index in [9.17, 15) is 9.59 Å². The predicted octanol–water partition coefficient (Wildman–Crippen LogP) is 4.64. The zero-order valence-corrected chi connectivity index (χ0v) is 18.1. The highest BCUT2D eigenvalue weighted by Gasteiger charge is 2.12. The number of amides is 2. The van der Waals surface area contributed by atoms with Crippen molar-refractivity contribution >= 4 is 34.0 Å². The van der Waals surface area contributed by atoms with Gasteiger partial charge in [-0.1, -0.05) is 47.7 Å². The Bertz CT molecular complexity index is 1220. The van der Waals surface area contributed by atoms with E-state index < -0.39 is 0 Å². The van der Waals surface area contributed by atoms with Crippen molar-refractivity contribution in [3.8, 4) is 5.75 Å². The van der Waals surface area contributed by atoms with Crippen LogP contribution in [0, 0.1) is 0 Å². The van der Waals surface area contributed by atoms with Crippen molar-refractivity contribution in [2.75, 3.05) is 17.7 Å². The normalized spacial score (nSPS) is 10.4. The van der Waals surface area contributed by atoms with Gasteiger partial charge in [0.15, 0.2) is 0 Å². The number of hydrogen-bond acceptors (Lipinski definition) is 6. The number of nitrogens with one attached hydrogen (secondary N) is 2. The number of aromatic nitrogens is 2. The standard InChI is InChI=1S/C24H20N4O3S/c1-31-20-12-10-16(11-13-20)14-21-27-28-24(32-21)26-23(30)18-8-5-9-19(15-18)25-22(29)17-6-3-2-4-7-17/h2-13,15H,14H2,1H3,(H,25,29)(H,26,28,30). The maximum absolute atomic E-state index is 12.7. The summed E-state index contributed by atoms with van der Waals surface area (Å²) in [5.41, 5.74) is 2.55. The molecule has 160 valence electrons. The molecule has 0 unspecified atom stereocenters. The van der Waals surface area contributed by atoms with E-state index in [-0.39, 0.29) is 11.8 Å². The molecular weight excluding hydrogens is 424 g/mol. The van der Waals surface area contributed by atoms with Crippen molar-refractivity contribution in [3.63, 3.8) is 0 Å². The van der Waals surface area contributed by atoms with Crippen LogP contribution < -0.4 is 15.4 Å². The fourth-order valence-electron chi connectivity index (χ4n) is 2.99. The monoisotopic (exact) mass is 444 g/mol. The van der Waals surface area contributed by atoms with E-state index in [1.165, 1.54) is 11.3 Å². The van der Waals surface area contributed by atoms with Crippen molar-refractivity contribution in [2.45, 2.75) is 6.42 Å². The molecule has 7 nitrogen and oxygen atoms in total. The van der Waals surface area contributed by atoms with Gasteiger partial charge in [-0.15, -0.1) is 10.2 Å². The Morgan fingerprint density at radius 3 is 2.31 bits per heavy atom. The predicted molar refractivity (Wildman–Crippen MR) is 124 cm³/mol. The second-order valence-electron chi connectivity index (χ2n) is 6.88. The van der Waals surface area contributed by atoms with Gasteiger partial charge in [0.25, 0.3) is 11.8 Å². The fourth-order valence-corrected chi connectivity index (χ4v) is 3.76. The number of carbonyl (C=O) groups is 2. The van der Waals surface area contributed by atoms with Gasteiger partial charge in [-0.3, -0.25) is 14.9 Å². The van der Waals surface area contributed by atoms with Crippen LogP contribution in [0.2, 0.25) is 0 Å². The molecule has 0 saturated heterocycles. The summed E-state index contributed by atoms with van der Waals surface area (Å²) in [6.07, 6.45) is 0.610. The first-order valence-corrected chi connectivity index (χ1v) is 10.7. The van der Waals surface area contributed by atoms with E-state index in [0.29, 0.717) is 28.4 Å². The maximum atomic E-state index is 12.7. The molecular formula is C24H20N4O3S. The molecule has 0 atom stereocenters. The lowest BCUT2D eigenvalue weighted by molar-refractivity contribution is 0.101. The average Bonchev–Trinajstić information content (AvgIpc) is 3.27. The van der Waals surface area contributed by atoms with Crippen molar-refractivity contribution in [1.82, 2.24) is 10.2 Å². The minimum Gasteiger partial charge on any atom is -0.497 e. The first-order valence-electron chi connectivity index (χ1n) is 9.84. The molecule has 1 aromatic heterocycles. The van der Waals surface area contributed by atoms with Gasteiger partial charge in [0.1, 0.15) is 10.8 Å². The number of hydrogen-bond donors (Lipinski definition) is 2. The number of methoxy groups -OCH3 is 1. The molecule has 32 heavy (non-hydrogen) atoms. The van der Waals surface area contributed by atoms with E-state index in [2.05, 4.69) is 20.8 Å². The number of carbonyl (C=O) groups excluding carboxylic acids is 2. The maximum Gasteiger partial charge on any atom is 0.257 e. The quantitative estimate of drug-likeness (QED) is 0.433. The largest absolute Gasteiger partial charge is 0.497 e. The zero-order chi connectivity index (χ0) is 22.3. The minimum absolute atomic E-state index is 0.240. The number of benzene rings is 3. The van der Waals surface area contributed by atoms with Gasteiger partial charge >= 0.3 is 0 Å². The Hall–Kier alpha value is -4.04. The van der Waals surface area contributed by atoms with Gasteiger partial charge in [-0.2, -0.15) is 0 Å². The first kappa shape index (κ1) is 21.2. The van der Waals surface area contributed by atoms with Crippen LogP contribution >= 0.6 is 11.3 Å². The van der Waals surface area contributed by atoms with Crippen LogP contribution in [-0.2, 0) is 6.42 Å². The summed E-state index contributed by atoms with van der Waals surface area (Å²) in [6, 6.07) is 23.3. The highest BCUT2D eigenvalue weighted by Crippen LogP contribution is 2.21. The van der Waals surface area contributed by atoms with Gasteiger partial charge in [0.2, 0.25) is 5.13 Å². The molecule has 3 aromatic carbocycles. The highest BCUT2D eigenvalue weighted by molar-refractivity contribution is 7.15. The molecule has 0 fully saturated rings. The second kappa shape index (κ2) is 9.84. The van der Waals surface area contributed by atoms with Gasteiger partial charge in [-0.05, 0) is 48.0 Å². The molecule has 0 aliphatic heterocycles. The summed E-state index contributed by atoms with van der Waals surface area (Å²) in [6.45, 7) is 0. The van der Waals surface area contributed by atoms with Crippen LogP contribution in [0.5, 0.6) is 5.75 Å². The second-order valence-corrected chi connectivity index (χ2v) is 7.94. The van der Waals surface area contributed by atoms with Crippen molar-refractivity contribution in [2.24, 2.45) is 0 Å². The summed E-state index contributed by atoms with van der Waals surface area (Å²) in [5.74, 6) is 0.226. The average molecular weight is 445 g/mol. The van der Waals surface area contributed by atoms with Crippen molar-refractivity contribution in [3.05, 3.63) is 101 Å². The third kappa shape index (κ3) is 5.35. The lowest BCUT2D eigenvalue weighted by Crippen LogP contribution is -2.14. The number of rotatable bonds is 7. The summed E-state index contributed by atoms with van der Waals surface area (Å²) < 4.78 is 5.17. The van der Waals surface area contributed by atoms with Crippen LogP contribution in [0.4, 0.5) is 10.8 Å². The third-order valence-electron chi connectivity index (χ3n) is 4.62. The lowest BCUT2D eigenvalue weighted by Gasteiger charge is -2.07. The molecule has 2 amide bonds. The summed E-state index contributed by atoms with van der Waals surface area (Å²) >= 11 is 1.32. The van der Waals surface area contributed by atoms with E-state index in [1.54, 1.807) is 55.6 Å². The zero-order valence-electron chi connectivity index (χ0n) is 17.2. The molecule has 8 heteroatoms. The molecule has 1 heterocycles. The molecule has 0 aliphatic rings. The number of nitrogens with zero attached hydrogens (tertiary/aromatic N) is 2. The van der Waals surface area contributed by atoms with Crippen LogP contribution in [0.1, 0.15) is 31.3 Å². The minimum atomic E-state index is -0.326. The van der Waals surface area contributed by atoms with E-state index in [1.807, 2.05) is 30.3 Å². The summed E-state index contributed by atoms with van der Waals surface area (Å²) in [4.78, 5) is 25.0. The van der Waals surface area contributed by atoms with Gasteiger partial charge < -0.3 is 10.1 Å². The van der Waals surface area contributed by atoms with Crippen molar-refractivity contribution in [1.29, 1.82) is 0 Å². The molecule has 4 rings (SSSR count). The molecule has 0 bridgehead atoms. The van der Waals surface area contributed by atoms with Gasteiger partial charge in [0, 0.05) is 23.2 Å². The van der Waals surface area contributed by atoms with Crippen LogP contribution in [-0.4, -0.2) is 29.1 Å². The van der Waals surface area contributed by atoms with Crippen LogP contribution in [0.3, 0.4) is 0 Å². The van der Waals surface area contributed by atoms with E-state index in [0.717, 1.165) is 16.3 Å². The summed E-state index contributed by atoms with van der Waals surface area (Å²) in [7, 11) is 1.63. The molecule has 0 radical (unpaired) electrons. The van der Waals surface area contributed by atoms with Crippen molar-refractivity contribution < 1.29 is 14.3 Å².